The number of fused-ring (bicyclic) bond motifs is 6. The largest absolute Gasteiger partial charge is 0.444 e. The van der Waals surface area contributed by atoms with Gasteiger partial charge in [-0.3, -0.25) is 67.3 Å². The van der Waals surface area contributed by atoms with Crippen molar-refractivity contribution in [3.05, 3.63) is 0 Å². The fourth-order valence-corrected chi connectivity index (χ4v) is 16.4. The Morgan fingerprint density at radius 3 is 1.26 bits per heavy atom. The molecule has 0 bridgehead atoms. The standard InChI is InChI=1S/C38H60N6O8.C29H46N4O7.C14H22N2O3/c1-36(2,3)26(20-43-27(45)17-37(4,5)18-28(43)46)42-35(51)41-25-21-52-16-12-10-8-9-11-13-24(31(47)33(49)39-22-14-15-22)40-32(48)30-29-23(38(29,6)7)19-44(30)34(25)50;1-28(2,3)40-27(38)32-20-16-39-14-10-8-6-7-9-11-19(23(34)25(36)30-17-12-13-17)31-24(35)22-21-18(29(21,4)5)15-33(22)26(20)37;1-13(2,3)10(15-9-17)8-16-11(18)6-14(4,5)7-12(16)19/h22-26,29-30H,8-21H2,1-7H3,(H,39,49)(H,40,48)(H2,41,42,51);17-22H,6-16H2,1-5H3,(H,30,36)(H,31,35)(H,32,38);10H,6-8H2,1-5H3/t23-,24-,25-,26+,29-,30-;18-,19-,20-,21-,22-;10-/m001/s1. The van der Waals surface area contributed by atoms with Crippen LogP contribution in [0.15, 0.2) is 4.99 Å². The van der Waals surface area contributed by atoms with Gasteiger partial charge < -0.3 is 61.2 Å². The summed E-state index contributed by atoms with van der Waals surface area (Å²) in [5.74, 6) is -5.49. The van der Waals surface area contributed by atoms with Gasteiger partial charge in [-0.2, -0.15) is 0 Å². The number of likely N-dealkylation sites (tertiary alicyclic amines) is 2. The van der Waals surface area contributed by atoms with Crippen molar-refractivity contribution in [1.82, 2.24) is 56.8 Å². The van der Waals surface area contributed by atoms with Crippen LogP contribution in [0.1, 0.15) is 246 Å². The Balaban J connectivity index is 0.000000231. The van der Waals surface area contributed by atoms with E-state index in [4.69, 9.17) is 14.2 Å². The zero-order valence-corrected chi connectivity index (χ0v) is 69.0. The number of isocyanates is 1. The molecule has 0 unspecified atom stereocenters. The SMILES string of the molecule is CC(C)(C)OC(=O)N[C@H]1COCCCCCCC[C@@H](C(=O)C(=O)NC2CC2)NC(=O)[C@@H]2[C@@H]3[C@H](CN2C1=O)C3(C)C.CC1(C)CC(=O)N(C[C@@H](N=C=O)C(C)(C)C)C(=O)C1.CC1(C)CC(=O)N(C[C@@H](NC(=O)N[C@H]2COCCCCCCC[C@@H](C(=O)C(=O)NC3CC3)NC(=O)[C@@H]3[C@@H]4[C@H](CN3C2=O)C4(C)C)C(C)(C)C)C(=O)C1. The van der Waals surface area contributed by atoms with E-state index in [1.165, 1.54) is 25.7 Å². The summed E-state index contributed by atoms with van der Waals surface area (Å²) < 4.78 is 17.1. The van der Waals surface area contributed by atoms with Crippen LogP contribution in [0.2, 0.25) is 0 Å². The Bertz CT molecular complexity index is 3500. The highest BCUT2D eigenvalue weighted by Gasteiger charge is 2.71. The molecule has 0 aromatic rings. The topological polar surface area (TPSA) is 393 Å². The number of nitrogens with one attached hydrogen (secondary N) is 7. The van der Waals surface area contributed by atoms with Gasteiger partial charge in [-0.1, -0.05) is 148 Å². The van der Waals surface area contributed by atoms with Gasteiger partial charge in [0, 0.05) is 70.6 Å². The number of rotatable bonds is 14. The van der Waals surface area contributed by atoms with Crippen LogP contribution in [0.4, 0.5) is 9.59 Å². The molecular weight excluding hydrogens is 1430 g/mol. The molecule has 6 aliphatic heterocycles. The molecule has 7 N–H and O–H groups in total. The number of carbonyl (C=O) groups is 14. The smallest absolute Gasteiger partial charge is 0.408 e. The molecule has 6 saturated heterocycles. The lowest BCUT2D eigenvalue weighted by Gasteiger charge is -2.40. The molecule has 0 spiro atoms. The zero-order valence-electron chi connectivity index (χ0n) is 69.0. The molecule has 13 amide bonds. The highest BCUT2D eigenvalue weighted by atomic mass is 16.6. The van der Waals surface area contributed by atoms with E-state index < -0.39 is 124 Å². The molecule has 111 heavy (non-hydrogen) atoms. The molecule has 10 rings (SSSR count). The second-order valence-electron chi connectivity index (χ2n) is 38.6. The molecule has 0 aromatic carbocycles. The molecule has 0 aromatic heterocycles. The van der Waals surface area contributed by atoms with Gasteiger partial charge in [0.05, 0.1) is 43.9 Å². The Kier molecular flexibility index (Phi) is 29.0. The number of amides is 13. The number of hydrogen-bond donors (Lipinski definition) is 7. The van der Waals surface area contributed by atoms with Crippen molar-refractivity contribution in [2.75, 3.05) is 52.6 Å². The Labute approximate surface area is 654 Å². The summed E-state index contributed by atoms with van der Waals surface area (Å²) in [6, 6.07) is -7.49. The predicted molar refractivity (Wildman–Crippen MR) is 408 cm³/mol. The minimum Gasteiger partial charge on any atom is -0.444 e. The maximum Gasteiger partial charge on any atom is 0.408 e. The molecular formula is C81H128N12O18. The average Bonchev–Trinajstić information content (AvgIpc) is 1.53. The van der Waals surface area contributed by atoms with E-state index in [2.05, 4.69) is 69.9 Å². The van der Waals surface area contributed by atoms with Gasteiger partial charge in [0.15, 0.2) is 0 Å². The maximum atomic E-state index is 14.4. The van der Waals surface area contributed by atoms with Crippen molar-refractivity contribution in [1.29, 1.82) is 0 Å². The van der Waals surface area contributed by atoms with Crippen LogP contribution in [-0.2, 0) is 76.5 Å². The van der Waals surface area contributed by atoms with Crippen LogP contribution in [0.5, 0.6) is 0 Å². The van der Waals surface area contributed by atoms with E-state index in [0.29, 0.717) is 64.8 Å². The lowest BCUT2D eigenvalue weighted by molar-refractivity contribution is -0.154. The quantitative estimate of drug-likeness (QED) is 0.0427. The van der Waals surface area contributed by atoms with Crippen LogP contribution in [0.3, 0.4) is 0 Å². The van der Waals surface area contributed by atoms with E-state index in [-0.39, 0.29) is 120 Å². The van der Waals surface area contributed by atoms with Crippen LogP contribution in [0.25, 0.3) is 0 Å². The van der Waals surface area contributed by atoms with E-state index >= 15 is 0 Å². The molecule has 4 saturated carbocycles. The number of carbonyl (C=O) groups excluding carboxylic acids is 15. The summed E-state index contributed by atoms with van der Waals surface area (Å²) in [4.78, 5) is 204. The summed E-state index contributed by atoms with van der Waals surface area (Å²) >= 11 is 0. The van der Waals surface area contributed by atoms with Gasteiger partial charge in [-0.05, 0) is 128 Å². The average molecular weight is 1560 g/mol. The van der Waals surface area contributed by atoms with Crippen LogP contribution < -0.4 is 37.2 Å². The molecule has 6 heterocycles. The summed E-state index contributed by atoms with van der Waals surface area (Å²) in [5, 5.41) is 19.6. The fourth-order valence-electron chi connectivity index (χ4n) is 16.4. The van der Waals surface area contributed by atoms with Gasteiger partial charge in [0.2, 0.25) is 64.9 Å². The van der Waals surface area contributed by atoms with Gasteiger partial charge in [-0.15, -0.1) is 0 Å². The molecule has 12 atom stereocenters. The number of nitrogens with zero attached hydrogens (tertiary/aromatic N) is 5. The maximum absolute atomic E-state index is 14.4. The summed E-state index contributed by atoms with van der Waals surface area (Å²) in [6.45, 7) is 34.0. The Morgan fingerprint density at radius 2 is 0.892 bits per heavy atom. The molecule has 4 aliphatic carbocycles. The highest BCUT2D eigenvalue weighted by Crippen LogP contribution is 2.66. The Morgan fingerprint density at radius 1 is 0.514 bits per heavy atom. The molecule has 30 heteroatoms. The van der Waals surface area contributed by atoms with E-state index in [9.17, 15) is 71.9 Å². The minimum atomic E-state index is -1.13. The first-order valence-corrected chi connectivity index (χ1v) is 40.5. The first-order chi connectivity index (χ1) is 51.7. The lowest BCUT2D eigenvalue weighted by atomic mass is 9.80. The Hall–Kier alpha value is -7.72. The van der Waals surface area contributed by atoms with Gasteiger partial charge in [0.25, 0.3) is 11.8 Å². The summed E-state index contributed by atoms with van der Waals surface area (Å²) in [7, 11) is 0. The first kappa shape index (κ1) is 88.8. The number of Topliss-reactive ketones (excluding diaryl/α,β-unsaturated/α-hetero) is 2. The summed E-state index contributed by atoms with van der Waals surface area (Å²) in [5.41, 5.74) is -2.67. The number of piperidine rings is 4. The molecule has 10 fully saturated rings. The van der Waals surface area contributed by atoms with E-state index in [1.54, 1.807) is 20.8 Å². The molecule has 620 valence electrons. The van der Waals surface area contributed by atoms with Crippen molar-refractivity contribution in [3.8, 4) is 0 Å². The predicted octanol–water partition coefficient (Wildman–Crippen LogP) is 6.41. The van der Waals surface area contributed by atoms with Gasteiger partial charge >= 0.3 is 12.1 Å². The van der Waals surface area contributed by atoms with Gasteiger partial charge in [0.1, 0.15) is 29.8 Å². The fraction of sp³-hybridized carbons (Fsp3) is 0.815. The lowest BCUT2D eigenvalue weighted by Crippen LogP contribution is -2.61. The van der Waals surface area contributed by atoms with Crippen molar-refractivity contribution in [2.24, 2.45) is 61.2 Å². The van der Waals surface area contributed by atoms with E-state index in [1.807, 2.05) is 69.2 Å². The monoisotopic (exact) mass is 1560 g/mol. The number of urea groups is 1. The normalized spacial score (nSPS) is 29.1. The van der Waals surface area contributed by atoms with Crippen molar-refractivity contribution in [2.45, 2.75) is 312 Å². The number of aliphatic imine (C=N–C) groups is 1. The first-order valence-electron chi connectivity index (χ1n) is 40.5. The van der Waals surface area contributed by atoms with E-state index in [0.717, 1.165) is 77.0 Å². The number of ketones is 2. The molecule has 30 nitrogen and oxygen atoms in total. The number of imide groups is 2. The summed E-state index contributed by atoms with van der Waals surface area (Å²) in [6.07, 6.45) is 14.1. The second-order valence-corrected chi connectivity index (χ2v) is 38.6. The van der Waals surface area contributed by atoms with Crippen LogP contribution >= 0.6 is 0 Å². The van der Waals surface area contributed by atoms with Crippen LogP contribution in [-0.4, -0.2) is 227 Å². The third kappa shape index (κ3) is 24.2. The van der Waals surface area contributed by atoms with Crippen molar-refractivity contribution >= 4 is 88.8 Å². The highest BCUT2D eigenvalue weighted by molar-refractivity contribution is 6.39. The van der Waals surface area contributed by atoms with Crippen molar-refractivity contribution < 1.29 is 86.1 Å². The number of alkyl carbamates (subject to hydrolysis) is 1. The van der Waals surface area contributed by atoms with Crippen LogP contribution in [0, 0.1) is 56.2 Å². The molecule has 10 aliphatic rings. The molecule has 0 radical (unpaired) electrons. The minimum absolute atomic E-state index is 0.000924. The number of ether oxygens (including phenoxy) is 3. The third-order valence-corrected chi connectivity index (χ3v) is 23.8. The second kappa shape index (κ2) is 36.2. The third-order valence-electron chi connectivity index (χ3n) is 23.8. The zero-order chi connectivity index (χ0) is 82.3. The number of hydrogen-bond acceptors (Lipinski definition) is 19. The van der Waals surface area contributed by atoms with Gasteiger partial charge in [-0.25, -0.2) is 19.4 Å². The van der Waals surface area contributed by atoms with Crippen molar-refractivity contribution in [3.63, 3.8) is 0 Å².